The normalized spacial score (nSPS) is 19.8. The molecule has 1 saturated heterocycles. The van der Waals surface area contributed by atoms with Gasteiger partial charge in [-0.25, -0.2) is 4.89 Å². The first kappa shape index (κ1) is 22.8. The molecule has 1 fully saturated rings. The molecule has 5 rings (SSSR count). The lowest BCUT2D eigenvalue weighted by Gasteiger charge is -2.17. The van der Waals surface area contributed by atoms with Gasteiger partial charge in [-0.2, -0.15) is 4.52 Å². The monoisotopic (exact) mass is 489 g/mol. The number of thiophene rings is 1. The van der Waals surface area contributed by atoms with E-state index in [1.165, 1.54) is 0 Å². The average molecular weight is 490 g/mol. The number of rotatable bonds is 5. The van der Waals surface area contributed by atoms with Crippen molar-refractivity contribution in [2.45, 2.75) is 12.5 Å². The molecule has 1 amide bonds. The predicted molar refractivity (Wildman–Crippen MR) is 142 cm³/mol. The average Bonchev–Trinajstić information content (AvgIpc) is 3.49. The molecule has 7 heteroatoms. The molecule has 2 heterocycles. The third kappa shape index (κ3) is 4.77. The lowest BCUT2D eigenvalue weighted by atomic mass is 9.92. The molecule has 1 aromatic heterocycles. The Morgan fingerprint density at radius 1 is 1.06 bits per heavy atom. The van der Waals surface area contributed by atoms with Crippen molar-refractivity contribution in [2.75, 3.05) is 23.9 Å². The number of amides is 1. The van der Waals surface area contributed by atoms with Crippen molar-refractivity contribution in [2.24, 2.45) is 0 Å². The van der Waals surface area contributed by atoms with Gasteiger partial charge in [0.2, 0.25) is 0 Å². The van der Waals surface area contributed by atoms with Crippen LogP contribution in [0.1, 0.15) is 28.4 Å². The fraction of sp³-hybridized carbons (Fsp3) is 0.148. The fourth-order valence-corrected chi connectivity index (χ4v) is 6.57. The van der Waals surface area contributed by atoms with Gasteiger partial charge in [-0.15, -0.1) is 11.3 Å². The Morgan fingerprint density at radius 2 is 1.88 bits per heavy atom. The molecule has 0 spiro atoms. The fourth-order valence-electron chi connectivity index (χ4n) is 4.25. The molecular weight excluding hydrogens is 463 g/mol. The van der Waals surface area contributed by atoms with Crippen LogP contribution in [0.2, 0.25) is 0 Å². The zero-order valence-corrected chi connectivity index (χ0v) is 20.5. The Hall–Kier alpha value is -3.02. The van der Waals surface area contributed by atoms with Crippen LogP contribution in [0.4, 0.5) is 11.4 Å². The van der Waals surface area contributed by atoms with Crippen LogP contribution < -0.4 is 11.1 Å². The van der Waals surface area contributed by atoms with Crippen LogP contribution in [0.15, 0.2) is 84.2 Å². The SMILES string of the molecule is C[P+]1(O)CCC(c2ccc(C(=O)Nc3ccccc3)c(-c3cc(-c4cccs4)ccc3N)c2)O1. The molecule has 0 saturated carbocycles. The molecule has 3 aromatic carbocycles. The molecule has 0 radical (unpaired) electrons. The summed E-state index contributed by atoms with van der Waals surface area (Å²) < 4.78 is 5.97. The highest BCUT2D eigenvalue weighted by molar-refractivity contribution is 7.65. The van der Waals surface area contributed by atoms with Crippen LogP contribution in [0.3, 0.4) is 0 Å². The summed E-state index contributed by atoms with van der Waals surface area (Å²) in [5.74, 6) is -0.208. The van der Waals surface area contributed by atoms with Crippen molar-refractivity contribution in [3.05, 3.63) is 95.4 Å². The van der Waals surface area contributed by atoms with Gasteiger partial charge in [0.05, 0.1) is 0 Å². The van der Waals surface area contributed by atoms with Crippen molar-refractivity contribution < 1.29 is 14.2 Å². The van der Waals surface area contributed by atoms with Gasteiger partial charge < -0.3 is 11.1 Å². The summed E-state index contributed by atoms with van der Waals surface area (Å²) in [7, 11) is -2.33. The molecule has 34 heavy (non-hydrogen) atoms. The van der Waals surface area contributed by atoms with E-state index < -0.39 is 7.72 Å². The number of nitrogens with one attached hydrogen (secondary N) is 1. The van der Waals surface area contributed by atoms with Gasteiger partial charge in [0.25, 0.3) is 13.6 Å². The number of nitrogens with two attached hydrogens (primary N) is 1. The van der Waals surface area contributed by atoms with Gasteiger partial charge >= 0.3 is 0 Å². The highest BCUT2D eigenvalue weighted by Gasteiger charge is 2.43. The van der Waals surface area contributed by atoms with E-state index in [4.69, 9.17) is 10.3 Å². The molecule has 4 aromatic rings. The largest absolute Gasteiger partial charge is 0.398 e. The standard InChI is InChI=1S/C27H25N2O3PS/c1-33(31)14-13-25(32-33)18-9-11-21(27(30)29-20-6-3-2-4-7-20)22(16-18)23-17-19(10-12-24(23)28)26-8-5-15-34-26/h2-12,15-17,25,31H,13-14H2,1H3,(H2-,28,29,30)/p+1. The molecule has 2 unspecified atom stereocenters. The summed E-state index contributed by atoms with van der Waals surface area (Å²) in [4.78, 5) is 24.9. The van der Waals surface area contributed by atoms with Gasteiger partial charge in [-0.1, -0.05) is 36.4 Å². The first-order chi connectivity index (χ1) is 16.4. The minimum absolute atomic E-state index is 0.199. The highest BCUT2D eigenvalue weighted by Crippen LogP contribution is 2.62. The summed E-state index contributed by atoms with van der Waals surface area (Å²) in [5, 5.41) is 5.03. The smallest absolute Gasteiger partial charge is 0.269 e. The van der Waals surface area contributed by atoms with Gasteiger partial charge in [-0.3, -0.25) is 4.79 Å². The molecule has 172 valence electrons. The van der Waals surface area contributed by atoms with E-state index in [1.54, 1.807) is 18.0 Å². The van der Waals surface area contributed by atoms with Gasteiger partial charge in [-0.05, 0) is 64.5 Å². The van der Waals surface area contributed by atoms with Crippen LogP contribution in [0.25, 0.3) is 21.6 Å². The number of nitrogen functional groups attached to an aromatic ring is 1. The number of para-hydroxylation sites is 1. The third-order valence-corrected chi connectivity index (χ3v) is 8.72. The number of carbonyl (C=O) groups excluding carboxylic acids is 1. The molecule has 4 N–H and O–H groups in total. The topological polar surface area (TPSA) is 84.6 Å². The first-order valence-corrected chi connectivity index (χ1v) is 14.3. The maximum absolute atomic E-state index is 13.4. The van der Waals surface area contributed by atoms with Crippen molar-refractivity contribution in [3.63, 3.8) is 0 Å². The van der Waals surface area contributed by atoms with E-state index in [2.05, 4.69) is 11.4 Å². The van der Waals surface area contributed by atoms with Crippen LogP contribution in [0.5, 0.6) is 0 Å². The first-order valence-electron chi connectivity index (χ1n) is 11.1. The Labute approximate surface area is 203 Å². The number of anilines is 2. The van der Waals surface area contributed by atoms with Crippen LogP contribution >= 0.6 is 19.1 Å². The zero-order valence-electron chi connectivity index (χ0n) is 18.8. The molecule has 5 nitrogen and oxygen atoms in total. The second kappa shape index (κ2) is 9.32. The van der Waals surface area contributed by atoms with E-state index in [0.717, 1.165) is 39.2 Å². The Morgan fingerprint density at radius 3 is 2.59 bits per heavy atom. The van der Waals surface area contributed by atoms with E-state index in [0.29, 0.717) is 17.4 Å². The maximum atomic E-state index is 13.4. The quantitative estimate of drug-likeness (QED) is 0.211. The number of benzene rings is 3. The molecule has 1 aliphatic rings. The summed E-state index contributed by atoms with van der Waals surface area (Å²) >= 11 is 1.66. The maximum Gasteiger partial charge on any atom is 0.269 e. The third-order valence-electron chi connectivity index (χ3n) is 6.00. The second-order valence-corrected chi connectivity index (χ2v) is 12.3. The number of carbonyl (C=O) groups is 1. The van der Waals surface area contributed by atoms with E-state index in [9.17, 15) is 9.69 Å². The molecular formula is C27H26N2O3PS+. The lowest BCUT2D eigenvalue weighted by Crippen LogP contribution is -2.14. The molecule has 0 aliphatic carbocycles. The number of hydrogen-bond donors (Lipinski definition) is 3. The van der Waals surface area contributed by atoms with E-state index in [1.807, 2.05) is 78.2 Å². The van der Waals surface area contributed by atoms with Crippen molar-refractivity contribution in [1.29, 1.82) is 0 Å². The summed E-state index contributed by atoms with van der Waals surface area (Å²) in [6.07, 6.45) is 1.22. The minimum Gasteiger partial charge on any atom is -0.398 e. The number of hydrogen-bond acceptors (Lipinski definition) is 5. The second-order valence-electron chi connectivity index (χ2n) is 8.56. The Bertz CT molecular complexity index is 1320. The molecule has 1 aliphatic heterocycles. The van der Waals surface area contributed by atoms with Crippen molar-refractivity contribution in [1.82, 2.24) is 0 Å². The van der Waals surface area contributed by atoms with E-state index >= 15 is 0 Å². The molecule has 0 bridgehead atoms. The zero-order chi connectivity index (χ0) is 23.7. The highest BCUT2D eigenvalue weighted by atomic mass is 32.1. The summed E-state index contributed by atoms with van der Waals surface area (Å²) in [6, 6.07) is 25.1. The summed E-state index contributed by atoms with van der Waals surface area (Å²) in [6.45, 7) is 1.79. The summed E-state index contributed by atoms with van der Waals surface area (Å²) in [5.41, 5.74) is 11.8. The Kier molecular flexibility index (Phi) is 6.24. The van der Waals surface area contributed by atoms with Crippen molar-refractivity contribution in [3.8, 4) is 21.6 Å². The van der Waals surface area contributed by atoms with Crippen LogP contribution in [-0.4, -0.2) is 23.6 Å². The van der Waals surface area contributed by atoms with Crippen molar-refractivity contribution >= 4 is 36.3 Å². The van der Waals surface area contributed by atoms with Crippen LogP contribution in [-0.2, 0) is 4.52 Å². The van der Waals surface area contributed by atoms with Gasteiger partial charge in [0.15, 0.2) is 0 Å². The predicted octanol–water partition coefficient (Wildman–Crippen LogP) is 6.85. The van der Waals surface area contributed by atoms with Crippen LogP contribution in [0, 0.1) is 0 Å². The van der Waals surface area contributed by atoms with Gasteiger partial charge in [0, 0.05) is 33.8 Å². The minimum atomic E-state index is -2.33. The van der Waals surface area contributed by atoms with E-state index in [-0.39, 0.29) is 12.0 Å². The molecule has 2 atom stereocenters. The van der Waals surface area contributed by atoms with Gasteiger partial charge in [0.1, 0.15) is 18.9 Å². The Balaban J connectivity index is 1.60. The lowest BCUT2D eigenvalue weighted by molar-refractivity contribution is 0.102.